The van der Waals surface area contributed by atoms with E-state index in [0.29, 0.717) is 36.1 Å². The Balaban J connectivity index is 1.35. The zero-order chi connectivity index (χ0) is 44.7. The summed E-state index contributed by atoms with van der Waals surface area (Å²) < 4.78 is 0. The van der Waals surface area contributed by atoms with Crippen LogP contribution in [0.3, 0.4) is 0 Å². The van der Waals surface area contributed by atoms with E-state index in [1.807, 2.05) is 9.80 Å². The Morgan fingerprint density at radius 3 is 1.52 bits per heavy atom. The summed E-state index contributed by atoms with van der Waals surface area (Å²) in [5.74, 6) is 0.756. The van der Waals surface area contributed by atoms with Crippen molar-refractivity contribution in [3.63, 3.8) is 0 Å². The van der Waals surface area contributed by atoms with Crippen LogP contribution in [0.2, 0.25) is 0 Å². The molecule has 4 nitrogen and oxygen atoms in total. The summed E-state index contributed by atoms with van der Waals surface area (Å²) in [6.07, 6.45) is 21.2. The van der Waals surface area contributed by atoms with Crippen LogP contribution in [-0.4, -0.2) is 34.7 Å². The minimum atomic E-state index is 0.00456. The Labute approximate surface area is 389 Å². The lowest BCUT2D eigenvalue weighted by atomic mass is 9.70. The number of benzene rings is 2. The highest BCUT2D eigenvalue weighted by Crippen LogP contribution is 2.56. The van der Waals surface area contributed by atoms with Crippen LogP contribution in [0.1, 0.15) is 188 Å². The Bertz CT molecular complexity index is 2270. The largest absolute Gasteiger partial charge is 0.306 e. The summed E-state index contributed by atoms with van der Waals surface area (Å²) in [4.78, 5) is 38.9. The maximum atomic E-state index is 15.2. The van der Waals surface area contributed by atoms with Crippen LogP contribution in [0.25, 0.3) is 33.0 Å². The second-order valence-corrected chi connectivity index (χ2v) is 21.6. The van der Waals surface area contributed by atoms with Crippen LogP contribution in [0.4, 0.5) is 0 Å². The first kappa shape index (κ1) is 47.2. The monoisotopic (exact) mass is 885 g/mol. The van der Waals surface area contributed by atoms with Crippen molar-refractivity contribution in [1.29, 1.82) is 0 Å². The SMILES string of the molecule is CCCCCCC1(CCCCCC)c2cc(C)ccc2-c2ccc(-c3ccc(C4=C5C(=O)N(CC(CC)CCCC)C(c6ccc(C)s6)=C5C(=O)N4CC(CC)CCCC)s3)cc21. The summed E-state index contributed by atoms with van der Waals surface area (Å²) in [7, 11) is 0. The molecular formula is C57H76N2O2S2. The van der Waals surface area contributed by atoms with E-state index < -0.39 is 0 Å². The standard InChI is InChI=1S/C57H76N2O2S2/c1-9-15-19-21-33-57(34-22-20-16-10-2)46-35-39(7)25-28-44(46)45-29-27-43(36-47(45)57)48-31-32-50(63-48)54-52-51(55(60)59(54)38-42(14-6)24-18-12-4)53(49-30-26-40(8)62-49)58(56(52)61)37-41(13-5)23-17-11-3/h25-32,35-36,41-42H,9-24,33-34,37-38H2,1-8H3. The van der Waals surface area contributed by atoms with Crippen LogP contribution >= 0.6 is 22.7 Å². The van der Waals surface area contributed by atoms with Crippen molar-refractivity contribution in [1.82, 2.24) is 9.80 Å². The third-order valence-corrected chi connectivity index (χ3v) is 16.8. The number of hydrogen-bond acceptors (Lipinski definition) is 4. The third kappa shape index (κ3) is 9.65. The Morgan fingerprint density at radius 1 is 0.524 bits per heavy atom. The number of fused-ring (bicyclic) bond motifs is 4. The molecule has 2 aromatic heterocycles. The van der Waals surface area contributed by atoms with Gasteiger partial charge in [0, 0.05) is 28.3 Å². The molecule has 4 aromatic rings. The molecule has 6 heteroatoms. The molecule has 2 atom stereocenters. The molecule has 2 unspecified atom stereocenters. The van der Waals surface area contributed by atoms with Gasteiger partial charge in [-0.25, -0.2) is 0 Å². The number of hydrogen-bond donors (Lipinski definition) is 0. The number of thiophene rings is 2. The molecule has 0 radical (unpaired) electrons. The van der Waals surface area contributed by atoms with Crippen molar-refractivity contribution in [2.75, 3.05) is 13.1 Å². The van der Waals surface area contributed by atoms with Gasteiger partial charge < -0.3 is 9.80 Å². The van der Waals surface area contributed by atoms with E-state index in [1.54, 1.807) is 22.7 Å². The molecular weight excluding hydrogens is 809 g/mol. The van der Waals surface area contributed by atoms with E-state index >= 15 is 9.59 Å². The van der Waals surface area contributed by atoms with Crippen molar-refractivity contribution in [3.05, 3.63) is 103 Å². The van der Waals surface area contributed by atoms with E-state index in [-0.39, 0.29) is 17.2 Å². The molecule has 2 amide bonds. The molecule has 2 aliphatic heterocycles. The van der Waals surface area contributed by atoms with Gasteiger partial charge in [0.25, 0.3) is 11.8 Å². The number of amides is 2. The molecule has 0 saturated heterocycles. The van der Waals surface area contributed by atoms with E-state index in [0.717, 1.165) is 72.5 Å². The van der Waals surface area contributed by atoms with E-state index in [1.165, 1.54) is 107 Å². The van der Waals surface area contributed by atoms with Gasteiger partial charge in [0.2, 0.25) is 0 Å². The number of unbranched alkanes of at least 4 members (excludes halogenated alkanes) is 8. The minimum Gasteiger partial charge on any atom is -0.306 e. The Kier molecular flexibility index (Phi) is 16.1. The maximum absolute atomic E-state index is 15.2. The first-order chi connectivity index (χ1) is 30.6. The topological polar surface area (TPSA) is 40.6 Å². The lowest BCUT2D eigenvalue weighted by Crippen LogP contribution is -2.34. The molecule has 3 aliphatic rings. The molecule has 0 spiro atoms. The van der Waals surface area contributed by atoms with Gasteiger partial charge in [-0.15, -0.1) is 22.7 Å². The summed E-state index contributed by atoms with van der Waals surface area (Å²) in [6, 6.07) is 23.2. The van der Waals surface area contributed by atoms with Gasteiger partial charge in [-0.3, -0.25) is 9.59 Å². The molecule has 0 saturated carbocycles. The van der Waals surface area contributed by atoms with Gasteiger partial charge >= 0.3 is 0 Å². The Hall–Kier alpha value is -3.74. The molecule has 1 aliphatic carbocycles. The first-order valence-corrected chi connectivity index (χ1v) is 26.8. The number of nitrogens with zero attached hydrogens (tertiary/aromatic N) is 2. The minimum absolute atomic E-state index is 0.00456. The van der Waals surface area contributed by atoms with E-state index in [9.17, 15) is 0 Å². The molecule has 0 fully saturated rings. The van der Waals surface area contributed by atoms with Gasteiger partial charge in [-0.1, -0.05) is 167 Å². The van der Waals surface area contributed by atoms with Crippen molar-refractivity contribution >= 4 is 45.9 Å². The van der Waals surface area contributed by atoms with Gasteiger partial charge in [0.15, 0.2) is 0 Å². The van der Waals surface area contributed by atoms with Gasteiger partial charge in [-0.05, 0) is 110 Å². The summed E-state index contributed by atoms with van der Waals surface area (Å²) in [5, 5.41) is 0. The van der Waals surface area contributed by atoms with Crippen molar-refractivity contribution in [2.24, 2.45) is 11.8 Å². The molecule has 4 heterocycles. The fourth-order valence-electron chi connectivity index (χ4n) is 10.9. The summed E-state index contributed by atoms with van der Waals surface area (Å²) >= 11 is 3.46. The molecule has 338 valence electrons. The average Bonchev–Trinajstić information content (AvgIpc) is 4.11. The van der Waals surface area contributed by atoms with Gasteiger partial charge in [0.1, 0.15) is 0 Å². The number of rotatable bonds is 25. The van der Waals surface area contributed by atoms with Crippen molar-refractivity contribution in [3.8, 4) is 21.6 Å². The van der Waals surface area contributed by atoms with E-state index in [4.69, 9.17) is 0 Å². The van der Waals surface area contributed by atoms with Gasteiger partial charge in [-0.2, -0.15) is 0 Å². The van der Waals surface area contributed by atoms with Crippen LogP contribution in [0, 0.1) is 25.7 Å². The fraction of sp³-hybridized carbons (Fsp3) is 0.544. The number of carbonyl (C=O) groups is 2. The van der Waals surface area contributed by atoms with Crippen LogP contribution < -0.4 is 0 Å². The summed E-state index contributed by atoms with van der Waals surface area (Å²) in [5.41, 5.74) is 11.4. The zero-order valence-corrected chi connectivity index (χ0v) is 41.7. The molecule has 7 rings (SSSR count). The zero-order valence-electron chi connectivity index (χ0n) is 40.1. The van der Waals surface area contributed by atoms with Crippen molar-refractivity contribution in [2.45, 2.75) is 176 Å². The lowest BCUT2D eigenvalue weighted by molar-refractivity contribution is -0.124. The third-order valence-electron chi connectivity index (χ3n) is 14.7. The smallest absolute Gasteiger partial charge is 0.261 e. The number of aryl methyl sites for hydroxylation is 2. The molecule has 2 aromatic carbocycles. The van der Waals surface area contributed by atoms with Crippen LogP contribution in [-0.2, 0) is 15.0 Å². The quantitative estimate of drug-likeness (QED) is 0.0622. The number of carbonyl (C=O) groups excluding carboxylic acids is 2. The second kappa shape index (κ2) is 21.5. The lowest BCUT2D eigenvalue weighted by Gasteiger charge is -2.33. The Morgan fingerprint density at radius 2 is 1.02 bits per heavy atom. The molecule has 0 bridgehead atoms. The van der Waals surface area contributed by atoms with Crippen LogP contribution in [0.15, 0.2) is 71.8 Å². The highest BCUT2D eigenvalue weighted by molar-refractivity contribution is 7.16. The van der Waals surface area contributed by atoms with Crippen molar-refractivity contribution < 1.29 is 9.59 Å². The maximum Gasteiger partial charge on any atom is 0.261 e. The normalized spacial score (nSPS) is 16.4. The average molecular weight is 885 g/mol. The second-order valence-electron chi connectivity index (χ2n) is 19.2. The first-order valence-electron chi connectivity index (χ1n) is 25.2. The predicted molar refractivity (Wildman–Crippen MR) is 271 cm³/mol. The molecule has 63 heavy (non-hydrogen) atoms. The highest BCUT2D eigenvalue weighted by Gasteiger charge is 2.50. The fourth-order valence-corrected chi connectivity index (χ4v) is 12.9. The summed E-state index contributed by atoms with van der Waals surface area (Å²) in [6.45, 7) is 19.3. The predicted octanol–water partition coefficient (Wildman–Crippen LogP) is 16.5. The highest BCUT2D eigenvalue weighted by atomic mass is 32.1. The molecule has 0 N–H and O–H groups in total. The van der Waals surface area contributed by atoms with Crippen LogP contribution in [0.5, 0.6) is 0 Å². The van der Waals surface area contributed by atoms with E-state index in [2.05, 4.69) is 116 Å². The van der Waals surface area contributed by atoms with Gasteiger partial charge in [0.05, 0.1) is 32.3 Å².